The van der Waals surface area contributed by atoms with E-state index in [1.807, 2.05) is 25.1 Å². The van der Waals surface area contributed by atoms with Crippen LogP contribution in [0, 0.1) is 6.92 Å². The molecule has 0 amide bonds. The number of esters is 1. The minimum atomic E-state index is -0.930. The topological polar surface area (TPSA) is 101 Å². The maximum absolute atomic E-state index is 13.8. The Morgan fingerprint density at radius 3 is 2.40 bits per heavy atom. The summed E-state index contributed by atoms with van der Waals surface area (Å²) in [6, 6.07) is 12.7. The number of nitrogens with zero attached hydrogens (tertiary/aromatic N) is 3. The highest BCUT2D eigenvalue weighted by Crippen LogP contribution is 2.43. The van der Waals surface area contributed by atoms with E-state index in [-0.39, 0.29) is 28.0 Å². The molecule has 0 fully saturated rings. The molecule has 0 unspecified atom stereocenters. The second kappa shape index (κ2) is 13.0. The standard InChI is InChI=1S/C31H31BrClN3O6/c1-16(2)21-14-22(17(3)12-24(21)39-5)29-35-23-11-9-8-10-20(23)30(37)36(29)34-15-19-13-25(40-6)28(27(33)26(19)32)42-18(4)31(38)41-7/h8-16,18H,1-7H3/t18-/m0/s1. The van der Waals surface area contributed by atoms with Gasteiger partial charge in [-0.1, -0.05) is 37.6 Å². The highest BCUT2D eigenvalue weighted by atomic mass is 79.9. The van der Waals surface area contributed by atoms with E-state index in [1.165, 1.54) is 32.0 Å². The second-order valence-electron chi connectivity index (χ2n) is 9.79. The van der Waals surface area contributed by atoms with Gasteiger partial charge in [-0.3, -0.25) is 4.79 Å². The molecule has 1 atom stereocenters. The predicted molar refractivity (Wildman–Crippen MR) is 168 cm³/mol. The van der Waals surface area contributed by atoms with Crippen molar-refractivity contribution >= 4 is 50.6 Å². The Kier molecular flexibility index (Phi) is 9.58. The summed E-state index contributed by atoms with van der Waals surface area (Å²) in [7, 11) is 4.36. The van der Waals surface area contributed by atoms with Crippen LogP contribution in [0.15, 0.2) is 56.8 Å². The number of fused-ring (bicyclic) bond motifs is 1. The molecule has 4 aromatic rings. The number of para-hydroxylation sites is 1. The van der Waals surface area contributed by atoms with Crippen LogP contribution in [0.2, 0.25) is 5.02 Å². The molecular weight excluding hydrogens is 626 g/mol. The number of halogens is 2. The largest absolute Gasteiger partial charge is 0.496 e. The summed E-state index contributed by atoms with van der Waals surface area (Å²) in [6.45, 7) is 7.62. The van der Waals surface area contributed by atoms with Crippen LogP contribution >= 0.6 is 27.5 Å². The molecular formula is C31H31BrClN3O6. The normalized spacial score (nSPS) is 12.1. The molecule has 0 N–H and O–H groups in total. The summed E-state index contributed by atoms with van der Waals surface area (Å²) in [5, 5.41) is 5.17. The van der Waals surface area contributed by atoms with Gasteiger partial charge in [-0.15, -0.1) is 0 Å². The van der Waals surface area contributed by atoms with Crippen LogP contribution in [-0.2, 0) is 9.53 Å². The number of benzene rings is 3. The Bertz CT molecular complexity index is 1750. The molecule has 1 heterocycles. The van der Waals surface area contributed by atoms with Crippen molar-refractivity contribution in [3.8, 4) is 28.6 Å². The van der Waals surface area contributed by atoms with E-state index in [0.717, 1.165) is 22.4 Å². The van der Waals surface area contributed by atoms with Crippen molar-refractivity contribution in [2.24, 2.45) is 5.10 Å². The van der Waals surface area contributed by atoms with E-state index in [0.29, 0.717) is 26.8 Å². The van der Waals surface area contributed by atoms with Gasteiger partial charge in [0.1, 0.15) is 10.8 Å². The highest BCUT2D eigenvalue weighted by molar-refractivity contribution is 9.10. The molecule has 0 saturated heterocycles. The van der Waals surface area contributed by atoms with Crippen LogP contribution in [0.1, 0.15) is 43.4 Å². The van der Waals surface area contributed by atoms with E-state index in [9.17, 15) is 9.59 Å². The molecule has 1 aromatic heterocycles. The molecule has 0 aliphatic rings. The van der Waals surface area contributed by atoms with Crippen molar-refractivity contribution in [3.05, 3.63) is 79.0 Å². The van der Waals surface area contributed by atoms with Gasteiger partial charge in [0.05, 0.1) is 38.4 Å². The summed E-state index contributed by atoms with van der Waals surface area (Å²) >= 11 is 10.1. The summed E-state index contributed by atoms with van der Waals surface area (Å²) in [6.07, 6.45) is 0.552. The molecule has 0 saturated carbocycles. The average molecular weight is 657 g/mol. The predicted octanol–water partition coefficient (Wildman–Crippen LogP) is 6.75. The summed E-state index contributed by atoms with van der Waals surface area (Å²) < 4.78 is 23.3. The van der Waals surface area contributed by atoms with Crippen molar-refractivity contribution in [1.29, 1.82) is 0 Å². The van der Waals surface area contributed by atoms with Crippen molar-refractivity contribution < 1.29 is 23.7 Å². The quantitative estimate of drug-likeness (QED) is 0.145. The third kappa shape index (κ3) is 6.00. The van der Waals surface area contributed by atoms with Gasteiger partial charge in [-0.25, -0.2) is 9.78 Å². The Labute approximate surface area is 257 Å². The van der Waals surface area contributed by atoms with E-state index < -0.39 is 12.1 Å². The summed E-state index contributed by atoms with van der Waals surface area (Å²) in [5.74, 6) is 1.15. The smallest absolute Gasteiger partial charge is 0.346 e. The van der Waals surface area contributed by atoms with Crippen LogP contribution in [0.25, 0.3) is 22.3 Å². The number of carbonyl (C=O) groups excluding carboxylic acids is 1. The second-order valence-corrected chi connectivity index (χ2v) is 11.0. The van der Waals surface area contributed by atoms with Gasteiger partial charge >= 0.3 is 5.97 Å². The first-order valence-electron chi connectivity index (χ1n) is 13.1. The van der Waals surface area contributed by atoms with Crippen LogP contribution in [0.4, 0.5) is 0 Å². The van der Waals surface area contributed by atoms with Gasteiger partial charge in [-0.05, 0) is 77.2 Å². The van der Waals surface area contributed by atoms with Gasteiger partial charge in [-0.2, -0.15) is 9.78 Å². The van der Waals surface area contributed by atoms with Gasteiger partial charge in [0, 0.05) is 15.6 Å². The van der Waals surface area contributed by atoms with Gasteiger partial charge in [0.25, 0.3) is 5.56 Å². The SMILES string of the molecule is COC(=O)[C@H](C)Oc1c(OC)cc(C=Nn2c(-c3cc(C(C)C)c(OC)cc3C)nc3ccccc3c2=O)c(Br)c1Cl. The zero-order chi connectivity index (χ0) is 30.7. The first-order chi connectivity index (χ1) is 20.0. The van der Waals surface area contributed by atoms with Gasteiger partial charge in [0.15, 0.2) is 23.4 Å². The maximum Gasteiger partial charge on any atom is 0.346 e. The molecule has 0 radical (unpaired) electrons. The Morgan fingerprint density at radius 2 is 1.76 bits per heavy atom. The molecule has 42 heavy (non-hydrogen) atoms. The van der Waals surface area contributed by atoms with Crippen LogP contribution in [0.3, 0.4) is 0 Å². The number of aromatic nitrogens is 2. The molecule has 11 heteroatoms. The first-order valence-corrected chi connectivity index (χ1v) is 14.2. The summed E-state index contributed by atoms with van der Waals surface area (Å²) in [4.78, 5) is 30.6. The van der Waals surface area contributed by atoms with E-state index >= 15 is 0 Å². The third-order valence-corrected chi connectivity index (χ3v) is 8.15. The molecule has 9 nitrogen and oxygen atoms in total. The molecule has 220 valence electrons. The number of rotatable bonds is 9. The minimum absolute atomic E-state index is 0.154. The Balaban J connectivity index is 1.92. The number of hydrogen-bond acceptors (Lipinski definition) is 8. The first kappa shape index (κ1) is 31.1. The highest BCUT2D eigenvalue weighted by Gasteiger charge is 2.23. The number of aryl methyl sites for hydroxylation is 1. The van der Waals surface area contributed by atoms with Crippen molar-refractivity contribution in [2.75, 3.05) is 21.3 Å². The lowest BCUT2D eigenvalue weighted by Crippen LogP contribution is -2.25. The Hall–Kier alpha value is -3.89. The lowest BCUT2D eigenvalue weighted by Gasteiger charge is -2.18. The van der Waals surface area contributed by atoms with Crippen LogP contribution in [0.5, 0.6) is 17.2 Å². The molecule has 0 aliphatic carbocycles. The molecule has 0 spiro atoms. The molecule has 3 aromatic carbocycles. The average Bonchev–Trinajstić information content (AvgIpc) is 2.98. The van der Waals surface area contributed by atoms with Crippen molar-refractivity contribution in [1.82, 2.24) is 9.66 Å². The fourth-order valence-electron chi connectivity index (χ4n) is 4.44. The van der Waals surface area contributed by atoms with Crippen molar-refractivity contribution in [3.63, 3.8) is 0 Å². The number of methoxy groups -OCH3 is 3. The summed E-state index contributed by atoms with van der Waals surface area (Å²) in [5.41, 5.74) is 3.30. The zero-order valence-electron chi connectivity index (χ0n) is 24.3. The Morgan fingerprint density at radius 1 is 1.07 bits per heavy atom. The van der Waals surface area contributed by atoms with Crippen molar-refractivity contribution in [2.45, 2.75) is 39.7 Å². The maximum atomic E-state index is 13.8. The number of ether oxygens (including phenoxy) is 4. The van der Waals surface area contributed by atoms with Gasteiger partial charge < -0.3 is 18.9 Å². The minimum Gasteiger partial charge on any atom is -0.496 e. The van der Waals surface area contributed by atoms with E-state index in [1.54, 1.807) is 31.4 Å². The monoisotopic (exact) mass is 655 g/mol. The number of carbonyl (C=O) groups is 1. The van der Waals surface area contributed by atoms with Gasteiger partial charge in [0.2, 0.25) is 0 Å². The zero-order valence-corrected chi connectivity index (χ0v) is 26.7. The lowest BCUT2D eigenvalue weighted by atomic mass is 9.96. The fraction of sp³-hybridized carbons (Fsp3) is 0.290. The number of hydrogen-bond donors (Lipinski definition) is 0. The molecule has 4 rings (SSSR count). The van der Waals surface area contributed by atoms with Crippen LogP contribution in [-0.4, -0.2) is 49.3 Å². The van der Waals surface area contributed by atoms with E-state index in [2.05, 4.69) is 34.9 Å². The molecule has 0 aliphatic heterocycles. The van der Waals surface area contributed by atoms with Crippen LogP contribution < -0.4 is 19.8 Å². The third-order valence-electron chi connectivity index (χ3n) is 6.71. The molecule has 0 bridgehead atoms. The lowest BCUT2D eigenvalue weighted by molar-refractivity contribution is -0.147. The van der Waals surface area contributed by atoms with E-state index in [4.69, 9.17) is 35.5 Å². The fourth-order valence-corrected chi connectivity index (χ4v) is 5.09.